The molecule has 3 aromatic rings. The van der Waals surface area contributed by atoms with Crippen LogP contribution in [0.1, 0.15) is 34.6 Å². The number of nitrogens with zero attached hydrogens (tertiary/aromatic N) is 2. The summed E-state index contributed by atoms with van der Waals surface area (Å²) in [5, 5.41) is 5.19. The van der Waals surface area contributed by atoms with E-state index in [2.05, 4.69) is 10.6 Å². The number of carbonyl (C=O) groups excluding carboxylic acids is 3. The molecule has 0 saturated carbocycles. The maximum absolute atomic E-state index is 13.1. The monoisotopic (exact) mass is 533 g/mol. The van der Waals surface area contributed by atoms with Crippen molar-refractivity contribution in [3.05, 3.63) is 50.7 Å². The van der Waals surface area contributed by atoms with E-state index in [0.29, 0.717) is 41.5 Å². The smallest absolute Gasteiger partial charge is 0.442 e. The Labute approximate surface area is 214 Å². The Hall–Kier alpha value is -3.58. The number of H-pyrrole nitrogens is 1. The zero-order valence-corrected chi connectivity index (χ0v) is 21.7. The highest BCUT2D eigenvalue weighted by Gasteiger charge is 2.33. The average Bonchev–Trinajstić information content (AvgIpc) is 3.42. The number of thiophene rings is 1. The lowest BCUT2D eigenvalue weighted by Crippen LogP contribution is -2.37. The highest BCUT2D eigenvalue weighted by atomic mass is 32.2. The predicted molar refractivity (Wildman–Crippen MR) is 132 cm³/mol. The summed E-state index contributed by atoms with van der Waals surface area (Å²) in [5.74, 6) is -0.365. The number of benzene rings is 1. The van der Waals surface area contributed by atoms with Crippen LogP contribution in [0.5, 0.6) is 5.75 Å². The van der Waals surface area contributed by atoms with Crippen molar-refractivity contribution >= 4 is 45.9 Å². The molecule has 2 amide bonds. The van der Waals surface area contributed by atoms with Crippen molar-refractivity contribution in [2.24, 2.45) is 0 Å². The summed E-state index contributed by atoms with van der Waals surface area (Å²) in [6, 6.07) is 6.95. The summed E-state index contributed by atoms with van der Waals surface area (Å²) in [5.41, 5.74) is 1.08. The van der Waals surface area contributed by atoms with Gasteiger partial charge in [0.2, 0.25) is 17.5 Å². The molecule has 190 valence electrons. The van der Waals surface area contributed by atoms with Crippen LogP contribution in [0.25, 0.3) is 5.69 Å². The van der Waals surface area contributed by atoms with Gasteiger partial charge in [0.25, 0.3) is 0 Å². The van der Waals surface area contributed by atoms with Crippen LogP contribution in [0, 0.1) is 0 Å². The number of fused-ring (bicyclic) bond motifs is 1. The highest BCUT2D eigenvalue weighted by Crippen LogP contribution is 2.38. The number of thioether (sulfide) groups is 1. The lowest BCUT2D eigenvalue weighted by molar-refractivity contribution is -0.704. The number of carbonyl (C=O) groups is 3. The van der Waals surface area contributed by atoms with Gasteiger partial charge in [-0.1, -0.05) is 0 Å². The third-order valence-electron chi connectivity index (χ3n) is 5.72. The van der Waals surface area contributed by atoms with E-state index in [4.69, 9.17) is 14.0 Å². The van der Waals surface area contributed by atoms with Gasteiger partial charge in [-0.05, 0) is 52.8 Å². The largest absolute Gasteiger partial charge is 0.497 e. The van der Waals surface area contributed by atoms with Gasteiger partial charge in [0.15, 0.2) is 0 Å². The number of anilines is 1. The van der Waals surface area contributed by atoms with Crippen LogP contribution in [0.15, 0.2) is 38.6 Å². The number of methoxy groups -OCH3 is 2. The zero-order valence-electron chi connectivity index (χ0n) is 20.1. The number of rotatable bonds is 7. The van der Waals surface area contributed by atoms with Crippen molar-refractivity contribution in [2.75, 3.05) is 26.1 Å². The van der Waals surface area contributed by atoms with Crippen LogP contribution >= 0.6 is 23.1 Å². The number of hydrogen-bond acceptors (Lipinski definition) is 9. The first-order valence-electron chi connectivity index (χ1n) is 11.0. The Balaban J connectivity index is 1.56. The van der Waals surface area contributed by atoms with E-state index in [1.165, 1.54) is 30.1 Å². The topological polar surface area (TPSA) is 135 Å². The van der Waals surface area contributed by atoms with Crippen LogP contribution in [-0.4, -0.2) is 54.0 Å². The normalized spacial score (nSPS) is 13.6. The number of aromatic nitrogens is 2. The first-order valence-corrected chi connectivity index (χ1v) is 12.7. The molecule has 13 heteroatoms. The summed E-state index contributed by atoms with van der Waals surface area (Å²) >= 11 is 2.26. The summed E-state index contributed by atoms with van der Waals surface area (Å²) in [6.07, 6.45) is 0.488. The fourth-order valence-corrected chi connectivity index (χ4v) is 5.92. The van der Waals surface area contributed by atoms with Crippen LogP contribution in [0.2, 0.25) is 0 Å². The SMILES string of the molecule is COC(=O)c1c(NC(=O)C(C)Sc2c(=O)o[nH][n+]2-c2ccc(OC)cc2)sc2c1CCN(C(C)=O)C2. The van der Waals surface area contributed by atoms with E-state index < -0.39 is 22.8 Å². The second-order valence-electron chi connectivity index (χ2n) is 7.96. The van der Waals surface area contributed by atoms with Crippen molar-refractivity contribution in [3.8, 4) is 11.4 Å². The molecule has 36 heavy (non-hydrogen) atoms. The van der Waals surface area contributed by atoms with Crippen molar-refractivity contribution < 1.29 is 33.1 Å². The molecule has 0 bridgehead atoms. The van der Waals surface area contributed by atoms with E-state index in [-0.39, 0.29) is 10.9 Å². The second-order valence-corrected chi connectivity index (χ2v) is 10.4. The molecular weight excluding hydrogens is 508 g/mol. The Morgan fingerprint density at radius 1 is 1.25 bits per heavy atom. The molecule has 0 fully saturated rings. The molecule has 1 atom stereocenters. The van der Waals surface area contributed by atoms with E-state index in [9.17, 15) is 19.2 Å². The molecule has 1 aromatic carbocycles. The average molecular weight is 534 g/mol. The standard InChI is InChI=1S/C23H24N4O7S2/c1-12(35-21-23(31)34-25-27(21)14-5-7-15(32-3)8-6-14)19(29)24-20-18(22(30)33-4)16-9-10-26(13(2)28)11-17(16)36-20/h5-8,12H,9-11H2,1-4H3,(H-,24,25,29,30,31)/p+1. The summed E-state index contributed by atoms with van der Waals surface area (Å²) in [6.45, 7) is 3.99. The van der Waals surface area contributed by atoms with E-state index >= 15 is 0 Å². The summed E-state index contributed by atoms with van der Waals surface area (Å²) in [4.78, 5) is 52.4. The fraction of sp³-hybridized carbons (Fsp3) is 0.348. The zero-order chi connectivity index (χ0) is 26.0. The first-order chi connectivity index (χ1) is 17.2. The van der Waals surface area contributed by atoms with Crippen molar-refractivity contribution in [2.45, 2.75) is 37.1 Å². The molecule has 3 heterocycles. The maximum atomic E-state index is 13.1. The number of esters is 1. The first kappa shape index (κ1) is 25.5. The predicted octanol–water partition coefficient (Wildman–Crippen LogP) is 2.13. The molecule has 1 aliphatic rings. The second kappa shape index (κ2) is 10.6. The van der Waals surface area contributed by atoms with Gasteiger partial charge in [-0.3, -0.25) is 14.1 Å². The van der Waals surface area contributed by atoms with Gasteiger partial charge < -0.3 is 19.7 Å². The minimum Gasteiger partial charge on any atom is -0.497 e. The van der Waals surface area contributed by atoms with E-state index in [1.54, 1.807) is 43.2 Å². The molecular formula is C23H25N4O7S2+. The Bertz CT molecular complexity index is 1360. The molecule has 0 radical (unpaired) electrons. The molecule has 0 spiro atoms. The Kier molecular flexibility index (Phi) is 7.50. The lowest BCUT2D eigenvalue weighted by atomic mass is 10.0. The summed E-state index contributed by atoms with van der Waals surface area (Å²) in [7, 11) is 2.84. The Morgan fingerprint density at radius 2 is 1.97 bits per heavy atom. The number of aromatic amines is 1. The van der Waals surface area contributed by atoms with Gasteiger partial charge in [-0.15, -0.1) is 11.3 Å². The van der Waals surface area contributed by atoms with Gasteiger partial charge in [-0.2, -0.15) is 0 Å². The van der Waals surface area contributed by atoms with Crippen molar-refractivity contribution in [1.82, 2.24) is 10.2 Å². The van der Waals surface area contributed by atoms with Crippen LogP contribution in [-0.2, 0) is 27.3 Å². The minimum absolute atomic E-state index is 0.0558. The minimum atomic E-state index is -0.716. The number of nitrogens with one attached hydrogen (secondary N) is 2. The fourth-order valence-electron chi connectivity index (χ4n) is 3.78. The Morgan fingerprint density at radius 3 is 2.61 bits per heavy atom. The highest BCUT2D eigenvalue weighted by molar-refractivity contribution is 8.00. The number of hydrogen-bond donors (Lipinski definition) is 2. The number of amides is 2. The molecule has 2 aromatic heterocycles. The van der Waals surface area contributed by atoms with Gasteiger partial charge in [0, 0.05) is 30.5 Å². The molecule has 1 unspecified atom stereocenters. The van der Waals surface area contributed by atoms with Crippen LogP contribution < -0.4 is 20.4 Å². The van der Waals surface area contributed by atoms with Gasteiger partial charge in [0.05, 0.1) is 31.6 Å². The van der Waals surface area contributed by atoms with Crippen LogP contribution in [0.3, 0.4) is 0 Å². The van der Waals surface area contributed by atoms with Gasteiger partial charge >= 0.3 is 16.6 Å². The molecule has 11 nitrogen and oxygen atoms in total. The molecule has 4 rings (SSSR count). The van der Waals surface area contributed by atoms with Gasteiger partial charge in [0.1, 0.15) is 10.8 Å². The van der Waals surface area contributed by atoms with E-state index in [0.717, 1.165) is 22.2 Å². The van der Waals surface area contributed by atoms with Crippen molar-refractivity contribution in [1.29, 1.82) is 0 Å². The quantitative estimate of drug-likeness (QED) is 0.268. The molecule has 2 N–H and O–H groups in total. The lowest BCUT2D eigenvalue weighted by Gasteiger charge is -2.25. The van der Waals surface area contributed by atoms with Gasteiger partial charge in [-0.25, -0.2) is 9.59 Å². The summed E-state index contributed by atoms with van der Waals surface area (Å²) < 4.78 is 16.5. The molecule has 1 aliphatic heterocycles. The van der Waals surface area contributed by atoms with E-state index in [1.807, 2.05) is 0 Å². The van der Waals surface area contributed by atoms with Crippen molar-refractivity contribution in [3.63, 3.8) is 0 Å². The number of ether oxygens (including phenoxy) is 2. The third kappa shape index (κ3) is 5.02. The maximum Gasteiger partial charge on any atom is 0.442 e. The third-order valence-corrected chi connectivity index (χ3v) is 8.00. The van der Waals surface area contributed by atoms with Crippen LogP contribution in [0.4, 0.5) is 5.00 Å². The molecule has 0 aliphatic carbocycles. The molecule has 0 saturated heterocycles.